The van der Waals surface area contributed by atoms with Gasteiger partial charge in [-0.1, -0.05) is 18.2 Å². The number of urea groups is 1. The molecule has 0 radical (unpaired) electrons. The van der Waals surface area contributed by atoms with Gasteiger partial charge in [0.15, 0.2) is 11.5 Å². The first-order valence-electron chi connectivity index (χ1n) is 11.7. The highest BCUT2D eigenvalue weighted by molar-refractivity contribution is 7.09. The Bertz CT molecular complexity index is 1240. The molecule has 37 heavy (non-hydrogen) atoms. The molecule has 3 rings (SSSR count). The van der Waals surface area contributed by atoms with Crippen LogP contribution in [0.4, 0.5) is 10.5 Å². The lowest BCUT2D eigenvalue weighted by Gasteiger charge is -2.27. The van der Waals surface area contributed by atoms with Crippen LogP contribution in [0.1, 0.15) is 16.0 Å². The Morgan fingerprint density at radius 3 is 2.46 bits per heavy atom. The maximum atomic E-state index is 13.4. The highest BCUT2D eigenvalue weighted by Gasteiger charge is 2.21. The number of ether oxygens (including phenoxy) is 2. The SMILES string of the molecule is C=CCN(CC(=O)N(CCc1ccc(OC)c(OC)c1)Cc1cccs1)C(=O)Nc1ccc(C#N)cc1. The topological polar surface area (TPSA) is 94.9 Å². The van der Waals surface area contributed by atoms with Gasteiger partial charge in [-0.25, -0.2) is 4.79 Å². The van der Waals surface area contributed by atoms with E-state index in [1.54, 1.807) is 60.8 Å². The van der Waals surface area contributed by atoms with E-state index in [0.717, 1.165) is 10.4 Å². The molecule has 0 unspecified atom stereocenters. The molecular weight excluding hydrogens is 488 g/mol. The molecule has 0 aliphatic rings. The third-order valence-corrected chi connectivity index (χ3v) is 6.49. The monoisotopic (exact) mass is 518 g/mol. The molecule has 3 amide bonds. The number of nitriles is 1. The average Bonchev–Trinajstić information content (AvgIpc) is 3.44. The summed E-state index contributed by atoms with van der Waals surface area (Å²) in [5, 5.41) is 13.7. The number of thiophene rings is 1. The molecule has 0 fully saturated rings. The fourth-order valence-electron chi connectivity index (χ4n) is 3.65. The van der Waals surface area contributed by atoms with Crippen LogP contribution in [0.15, 0.2) is 72.6 Å². The first-order chi connectivity index (χ1) is 18.0. The Kier molecular flexibility index (Phi) is 10.1. The number of rotatable bonds is 12. The number of hydrogen-bond donors (Lipinski definition) is 1. The average molecular weight is 519 g/mol. The molecule has 9 heteroatoms. The smallest absolute Gasteiger partial charge is 0.322 e. The molecule has 2 aromatic carbocycles. The zero-order valence-corrected chi connectivity index (χ0v) is 21.8. The molecule has 8 nitrogen and oxygen atoms in total. The van der Waals surface area contributed by atoms with Crippen LogP contribution in [-0.2, 0) is 17.8 Å². The van der Waals surface area contributed by atoms with E-state index < -0.39 is 6.03 Å². The summed E-state index contributed by atoms with van der Waals surface area (Å²) in [6.07, 6.45) is 2.19. The van der Waals surface area contributed by atoms with Gasteiger partial charge in [-0.2, -0.15) is 5.26 Å². The molecule has 0 aliphatic carbocycles. The van der Waals surface area contributed by atoms with E-state index in [-0.39, 0.29) is 19.0 Å². The summed E-state index contributed by atoms with van der Waals surface area (Å²) >= 11 is 1.58. The number of nitrogens with zero attached hydrogens (tertiary/aromatic N) is 3. The maximum absolute atomic E-state index is 13.4. The number of hydrogen-bond acceptors (Lipinski definition) is 6. The number of amides is 3. The van der Waals surface area contributed by atoms with Gasteiger partial charge in [0.05, 0.1) is 32.4 Å². The lowest BCUT2D eigenvalue weighted by molar-refractivity contribution is -0.132. The highest BCUT2D eigenvalue weighted by Crippen LogP contribution is 2.28. The quantitative estimate of drug-likeness (QED) is 0.343. The minimum Gasteiger partial charge on any atom is -0.493 e. The van der Waals surface area contributed by atoms with Crippen molar-refractivity contribution in [3.63, 3.8) is 0 Å². The van der Waals surface area contributed by atoms with Crippen LogP contribution in [0, 0.1) is 11.3 Å². The molecule has 1 N–H and O–H groups in total. The Labute approximate surface area is 221 Å². The zero-order valence-electron chi connectivity index (χ0n) is 21.0. The van der Waals surface area contributed by atoms with Gasteiger partial charge in [-0.3, -0.25) is 4.79 Å². The van der Waals surface area contributed by atoms with E-state index in [2.05, 4.69) is 11.9 Å². The Morgan fingerprint density at radius 2 is 1.84 bits per heavy atom. The molecule has 0 spiro atoms. The Balaban J connectivity index is 1.71. The Hall–Kier alpha value is -4.29. The molecule has 0 bridgehead atoms. The lowest BCUT2D eigenvalue weighted by atomic mass is 10.1. The summed E-state index contributed by atoms with van der Waals surface area (Å²) < 4.78 is 10.7. The van der Waals surface area contributed by atoms with Crippen molar-refractivity contribution in [3.05, 3.63) is 88.6 Å². The fourth-order valence-corrected chi connectivity index (χ4v) is 4.37. The van der Waals surface area contributed by atoms with Gasteiger partial charge in [0.25, 0.3) is 0 Å². The highest BCUT2D eigenvalue weighted by atomic mass is 32.1. The summed E-state index contributed by atoms with van der Waals surface area (Å²) in [6.45, 7) is 4.74. The summed E-state index contributed by atoms with van der Waals surface area (Å²) in [7, 11) is 3.18. The van der Waals surface area contributed by atoms with Crippen LogP contribution in [0.3, 0.4) is 0 Å². The number of anilines is 1. The normalized spacial score (nSPS) is 10.2. The predicted octanol–water partition coefficient (Wildman–Crippen LogP) is 4.93. The van der Waals surface area contributed by atoms with Crippen molar-refractivity contribution in [2.24, 2.45) is 0 Å². The third-order valence-electron chi connectivity index (χ3n) is 5.63. The van der Waals surface area contributed by atoms with E-state index in [1.807, 2.05) is 41.8 Å². The van der Waals surface area contributed by atoms with Gasteiger partial charge < -0.3 is 24.6 Å². The van der Waals surface area contributed by atoms with Crippen molar-refractivity contribution in [1.82, 2.24) is 9.80 Å². The van der Waals surface area contributed by atoms with Crippen LogP contribution >= 0.6 is 11.3 Å². The van der Waals surface area contributed by atoms with Gasteiger partial charge in [0.2, 0.25) is 5.91 Å². The number of carbonyl (C=O) groups excluding carboxylic acids is 2. The fraction of sp³-hybridized carbons (Fsp3) is 0.250. The molecule has 0 saturated carbocycles. The second-order valence-electron chi connectivity index (χ2n) is 8.12. The molecule has 0 aliphatic heterocycles. The molecule has 0 saturated heterocycles. The van der Waals surface area contributed by atoms with Crippen molar-refractivity contribution >= 4 is 29.0 Å². The largest absolute Gasteiger partial charge is 0.493 e. The van der Waals surface area contributed by atoms with E-state index in [4.69, 9.17) is 14.7 Å². The van der Waals surface area contributed by atoms with Gasteiger partial charge in [-0.05, 0) is 59.8 Å². The molecule has 1 heterocycles. The third kappa shape index (κ3) is 7.85. The minimum atomic E-state index is -0.422. The van der Waals surface area contributed by atoms with Crippen molar-refractivity contribution in [3.8, 4) is 17.6 Å². The van der Waals surface area contributed by atoms with Gasteiger partial charge in [-0.15, -0.1) is 17.9 Å². The minimum absolute atomic E-state index is 0.106. The first kappa shape index (κ1) is 27.3. The second-order valence-corrected chi connectivity index (χ2v) is 9.15. The van der Waals surface area contributed by atoms with Crippen molar-refractivity contribution in [2.75, 3.05) is 39.2 Å². The summed E-state index contributed by atoms with van der Waals surface area (Å²) in [5.41, 5.74) is 2.03. The van der Waals surface area contributed by atoms with Crippen LogP contribution in [0.2, 0.25) is 0 Å². The number of nitrogens with one attached hydrogen (secondary N) is 1. The predicted molar refractivity (Wildman–Crippen MR) is 145 cm³/mol. The summed E-state index contributed by atoms with van der Waals surface area (Å²) in [6, 6.07) is 17.8. The van der Waals surface area contributed by atoms with Crippen LogP contribution in [0.25, 0.3) is 0 Å². The van der Waals surface area contributed by atoms with E-state index >= 15 is 0 Å². The molecular formula is C28H30N4O4S. The molecule has 0 atom stereocenters. The van der Waals surface area contributed by atoms with Crippen LogP contribution in [0.5, 0.6) is 11.5 Å². The summed E-state index contributed by atoms with van der Waals surface area (Å²) in [4.78, 5) is 30.6. The van der Waals surface area contributed by atoms with E-state index in [1.165, 1.54) is 4.90 Å². The van der Waals surface area contributed by atoms with Gasteiger partial charge in [0.1, 0.15) is 6.54 Å². The number of benzene rings is 2. The molecule has 1 aromatic heterocycles. The molecule has 192 valence electrons. The van der Waals surface area contributed by atoms with Crippen molar-refractivity contribution in [1.29, 1.82) is 5.26 Å². The first-order valence-corrected chi connectivity index (χ1v) is 12.5. The second kappa shape index (κ2) is 13.7. The number of methoxy groups -OCH3 is 2. The van der Waals surface area contributed by atoms with E-state index in [0.29, 0.717) is 42.3 Å². The Morgan fingerprint density at radius 1 is 1.08 bits per heavy atom. The maximum Gasteiger partial charge on any atom is 0.322 e. The van der Waals surface area contributed by atoms with Crippen molar-refractivity contribution < 1.29 is 19.1 Å². The lowest BCUT2D eigenvalue weighted by Crippen LogP contribution is -2.44. The van der Waals surface area contributed by atoms with Crippen LogP contribution < -0.4 is 14.8 Å². The van der Waals surface area contributed by atoms with Crippen LogP contribution in [-0.4, -0.2) is 55.6 Å². The van der Waals surface area contributed by atoms with Crippen molar-refractivity contribution in [2.45, 2.75) is 13.0 Å². The zero-order chi connectivity index (χ0) is 26.6. The van der Waals surface area contributed by atoms with Gasteiger partial charge >= 0.3 is 6.03 Å². The number of carbonyl (C=O) groups is 2. The standard InChI is InChI=1S/C28H30N4O4S/c1-4-14-32(28(34)30-23-10-7-22(18-29)8-11-23)20-27(33)31(19-24-6-5-16-37-24)15-13-21-9-12-25(35-2)26(17-21)36-3/h4-12,16-17H,1,13-15,19-20H2,2-3H3,(H,30,34). The van der Waals surface area contributed by atoms with Gasteiger partial charge in [0, 0.05) is 23.7 Å². The van der Waals surface area contributed by atoms with E-state index in [9.17, 15) is 9.59 Å². The molecule has 3 aromatic rings. The summed E-state index contributed by atoms with van der Waals surface area (Å²) in [5.74, 6) is 1.10.